The zero-order chi connectivity index (χ0) is 16.4. The number of hydrazone groups is 1. The van der Waals surface area contributed by atoms with Gasteiger partial charge in [-0.2, -0.15) is 5.10 Å². The Labute approximate surface area is 140 Å². The van der Waals surface area contributed by atoms with Gasteiger partial charge in [0.25, 0.3) is 5.91 Å². The highest BCUT2D eigenvalue weighted by molar-refractivity contribution is 6.53. The Hall–Kier alpha value is -3.40. The van der Waals surface area contributed by atoms with Crippen molar-refractivity contribution < 1.29 is 4.79 Å². The molecule has 3 aromatic carbocycles. The molecule has 1 aliphatic heterocycles. The van der Waals surface area contributed by atoms with E-state index < -0.39 is 0 Å². The van der Waals surface area contributed by atoms with Crippen LogP contribution in [0.15, 0.2) is 90.0 Å². The van der Waals surface area contributed by atoms with Crippen molar-refractivity contribution in [2.45, 2.75) is 0 Å². The van der Waals surface area contributed by atoms with Crippen LogP contribution in [-0.4, -0.2) is 11.6 Å². The SMILES string of the molecule is O=C1Nc2ccccc2/C1=N\N(c1ccccc1)c1ccccc1. The highest BCUT2D eigenvalue weighted by atomic mass is 16.2. The normalized spacial score (nSPS) is 14.3. The van der Waals surface area contributed by atoms with E-state index in [0.29, 0.717) is 5.71 Å². The number of anilines is 3. The fraction of sp³-hybridized carbons (Fsp3) is 0. The minimum Gasteiger partial charge on any atom is -0.320 e. The molecule has 0 saturated carbocycles. The number of carbonyl (C=O) groups is 1. The smallest absolute Gasteiger partial charge is 0.276 e. The lowest BCUT2D eigenvalue weighted by Crippen LogP contribution is -2.20. The predicted molar refractivity (Wildman–Crippen MR) is 96.6 cm³/mol. The molecule has 0 spiro atoms. The number of benzene rings is 3. The summed E-state index contributed by atoms with van der Waals surface area (Å²) < 4.78 is 0. The van der Waals surface area contributed by atoms with Crippen molar-refractivity contribution in [2.75, 3.05) is 10.3 Å². The second-order valence-corrected chi connectivity index (χ2v) is 5.43. The van der Waals surface area contributed by atoms with Crippen LogP contribution in [0.1, 0.15) is 5.56 Å². The van der Waals surface area contributed by atoms with Gasteiger partial charge in [0.2, 0.25) is 0 Å². The highest BCUT2D eigenvalue weighted by Gasteiger charge is 2.26. The number of nitrogens with one attached hydrogen (secondary N) is 1. The van der Waals surface area contributed by atoms with Crippen molar-refractivity contribution >= 4 is 28.7 Å². The van der Waals surface area contributed by atoms with Crippen LogP contribution in [0.3, 0.4) is 0 Å². The van der Waals surface area contributed by atoms with Crippen molar-refractivity contribution in [3.8, 4) is 0 Å². The van der Waals surface area contributed by atoms with E-state index >= 15 is 0 Å². The van der Waals surface area contributed by atoms with Crippen LogP contribution in [-0.2, 0) is 4.79 Å². The van der Waals surface area contributed by atoms with Crippen LogP contribution < -0.4 is 10.3 Å². The number of rotatable bonds is 3. The first kappa shape index (κ1) is 14.2. The first-order valence-corrected chi connectivity index (χ1v) is 7.72. The minimum atomic E-state index is -0.187. The topological polar surface area (TPSA) is 44.7 Å². The molecule has 4 heteroatoms. The molecular formula is C20H15N3O. The van der Waals surface area contributed by atoms with Gasteiger partial charge in [0, 0.05) is 5.56 Å². The molecule has 0 radical (unpaired) electrons. The maximum absolute atomic E-state index is 12.4. The lowest BCUT2D eigenvalue weighted by atomic mass is 10.1. The second kappa shape index (κ2) is 6.01. The Morgan fingerprint density at radius 1 is 0.708 bits per heavy atom. The molecule has 0 bridgehead atoms. The van der Waals surface area contributed by atoms with E-state index in [1.54, 1.807) is 5.01 Å². The van der Waals surface area contributed by atoms with Gasteiger partial charge in [-0.3, -0.25) is 4.79 Å². The van der Waals surface area contributed by atoms with Crippen LogP contribution in [0.2, 0.25) is 0 Å². The number of nitrogens with zero attached hydrogens (tertiary/aromatic N) is 2. The predicted octanol–water partition coefficient (Wildman–Crippen LogP) is 4.18. The number of fused-ring (bicyclic) bond motifs is 1. The Balaban J connectivity index is 1.85. The average Bonchev–Trinajstić information content (AvgIpc) is 2.96. The van der Waals surface area contributed by atoms with Crippen LogP contribution in [0, 0.1) is 0 Å². The quantitative estimate of drug-likeness (QED) is 0.737. The van der Waals surface area contributed by atoms with E-state index in [1.807, 2.05) is 84.9 Å². The molecule has 1 amide bonds. The Morgan fingerprint density at radius 3 is 1.88 bits per heavy atom. The Bertz CT molecular complexity index is 865. The third-order valence-electron chi connectivity index (χ3n) is 3.85. The first-order chi connectivity index (χ1) is 11.8. The Kier molecular flexibility index (Phi) is 3.56. The molecule has 0 unspecified atom stereocenters. The summed E-state index contributed by atoms with van der Waals surface area (Å²) in [5, 5.41) is 9.32. The summed E-state index contributed by atoms with van der Waals surface area (Å²) in [4.78, 5) is 12.4. The third kappa shape index (κ3) is 2.54. The van der Waals surface area contributed by atoms with Gasteiger partial charge < -0.3 is 5.32 Å². The molecule has 3 aromatic rings. The van der Waals surface area contributed by atoms with E-state index in [0.717, 1.165) is 22.6 Å². The third-order valence-corrected chi connectivity index (χ3v) is 3.85. The zero-order valence-corrected chi connectivity index (χ0v) is 12.9. The van der Waals surface area contributed by atoms with Gasteiger partial charge >= 0.3 is 0 Å². The lowest BCUT2D eigenvalue weighted by molar-refractivity contribution is -0.110. The van der Waals surface area contributed by atoms with Crippen molar-refractivity contribution in [3.05, 3.63) is 90.5 Å². The van der Waals surface area contributed by atoms with Gasteiger partial charge in [0.15, 0.2) is 5.71 Å². The summed E-state index contributed by atoms with van der Waals surface area (Å²) in [5.74, 6) is -0.187. The summed E-state index contributed by atoms with van der Waals surface area (Å²) in [7, 11) is 0. The molecule has 1 aliphatic rings. The first-order valence-electron chi connectivity index (χ1n) is 7.72. The molecule has 0 fully saturated rings. The molecule has 0 saturated heterocycles. The van der Waals surface area contributed by atoms with Crippen molar-refractivity contribution in [3.63, 3.8) is 0 Å². The minimum absolute atomic E-state index is 0.187. The molecule has 4 rings (SSSR count). The van der Waals surface area contributed by atoms with Crippen LogP contribution in [0.5, 0.6) is 0 Å². The Morgan fingerprint density at radius 2 is 1.25 bits per heavy atom. The number of para-hydroxylation sites is 3. The van der Waals surface area contributed by atoms with Crippen molar-refractivity contribution in [1.82, 2.24) is 0 Å². The van der Waals surface area contributed by atoms with E-state index in [4.69, 9.17) is 0 Å². The summed E-state index contributed by atoms with van der Waals surface area (Å²) >= 11 is 0. The molecule has 4 nitrogen and oxygen atoms in total. The average molecular weight is 313 g/mol. The van der Waals surface area contributed by atoms with Gasteiger partial charge in [0.05, 0.1) is 17.1 Å². The van der Waals surface area contributed by atoms with Gasteiger partial charge in [0.1, 0.15) is 0 Å². The summed E-state index contributed by atoms with van der Waals surface area (Å²) in [6, 6.07) is 27.2. The molecule has 0 aromatic heterocycles. The monoisotopic (exact) mass is 313 g/mol. The molecule has 116 valence electrons. The van der Waals surface area contributed by atoms with E-state index in [-0.39, 0.29) is 5.91 Å². The van der Waals surface area contributed by atoms with Gasteiger partial charge in [-0.25, -0.2) is 5.01 Å². The zero-order valence-electron chi connectivity index (χ0n) is 12.9. The van der Waals surface area contributed by atoms with E-state index in [9.17, 15) is 4.79 Å². The second-order valence-electron chi connectivity index (χ2n) is 5.43. The summed E-state index contributed by atoms with van der Waals surface area (Å²) in [6.45, 7) is 0. The maximum atomic E-state index is 12.4. The molecular weight excluding hydrogens is 298 g/mol. The van der Waals surface area contributed by atoms with E-state index in [2.05, 4.69) is 10.4 Å². The molecule has 1 heterocycles. The number of hydrogen-bond acceptors (Lipinski definition) is 3. The number of carbonyl (C=O) groups excluding carboxylic acids is 1. The van der Waals surface area contributed by atoms with E-state index in [1.165, 1.54) is 0 Å². The van der Waals surface area contributed by atoms with Crippen LogP contribution in [0.4, 0.5) is 17.1 Å². The van der Waals surface area contributed by atoms with Crippen LogP contribution in [0.25, 0.3) is 0 Å². The fourth-order valence-corrected chi connectivity index (χ4v) is 2.70. The highest BCUT2D eigenvalue weighted by Crippen LogP contribution is 2.28. The van der Waals surface area contributed by atoms with Gasteiger partial charge in [-0.15, -0.1) is 0 Å². The molecule has 0 aliphatic carbocycles. The van der Waals surface area contributed by atoms with Crippen molar-refractivity contribution in [1.29, 1.82) is 0 Å². The number of hydrogen-bond donors (Lipinski definition) is 1. The summed E-state index contributed by atoms with van der Waals surface area (Å²) in [5.41, 5.74) is 3.82. The molecule has 1 N–H and O–H groups in total. The largest absolute Gasteiger partial charge is 0.320 e. The van der Waals surface area contributed by atoms with Gasteiger partial charge in [-0.05, 0) is 30.3 Å². The fourth-order valence-electron chi connectivity index (χ4n) is 2.70. The standard InChI is InChI=1S/C20H15N3O/c24-20-19(17-13-7-8-14-18(17)21-20)22-23(15-9-3-1-4-10-15)16-11-5-2-6-12-16/h1-14H,(H,21,22,24). The van der Waals surface area contributed by atoms with Gasteiger partial charge in [-0.1, -0.05) is 54.6 Å². The lowest BCUT2D eigenvalue weighted by Gasteiger charge is -2.20. The summed E-state index contributed by atoms with van der Waals surface area (Å²) in [6.07, 6.45) is 0. The maximum Gasteiger partial charge on any atom is 0.276 e. The van der Waals surface area contributed by atoms with Crippen LogP contribution >= 0.6 is 0 Å². The molecule has 24 heavy (non-hydrogen) atoms. The molecule has 0 atom stereocenters. The van der Waals surface area contributed by atoms with Crippen molar-refractivity contribution in [2.24, 2.45) is 5.10 Å². The number of amides is 1.